The molecule has 0 saturated heterocycles. The molecule has 1 heterocycles. The highest BCUT2D eigenvalue weighted by atomic mass is 19.1. The topological polar surface area (TPSA) is 68.0 Å². The van der Waals surface area contributed by atoms with Crippen LogP contribution < -0.4 is 5.32 Å². The van der Waals surface area contributed by atoms with Crippen molar-refractivity contribution in [3.05, 3.63) is 65.8 Å². The molecule has 0 atom stereocenters. The molecule has 1 N–H and O–H groups in total. The lowest BCUT2D eigenvalue weighted by atomic mass is 10.1. The summed E-state index contributed by atoms with van der Waals surface area (Å²) >= 11 is 0. The first-order valence-corrected chi connectivity index (χ1v) is 8.70. The number of halogens is 1. The van der Waals surface area contributed by atoms with Gasteiger partial charge in [-0.25, -0.2) is 4.39 Å². The first-order valence-electron chi connectivity index (χ1n) is 8.70. The number of carbonyl (C=O) groups excluding carboxylic acids is 1. The van der Waals surface area contributed by atoms with Gasteiger partial charge in [0, 0.05) is 17.0 Å². The molecule has 4 rings (SSSR count). The second-order valence-electron chi connectivity index (χ2n) is 6.45. The summed E-state index contributed by atoms with van der Waals surface area (Å²) in [5.41, 5.74) is 1.36. The molecule has 0 unspecified atom stereocenters. The van der Waals surface area contributed by atoms with Gasteiger partial charge in [-0.15, -0.1) is 0 Å². The number of anilines is 1. The van der Waals surface area contributed by atoms with Crippen molar-refractivity contribution in [1.82, 2.24) is 10.1 Å². The minimum absolute atomic E-state index is 0.154. The largest absolute Gasteiger partial charge is 0.339 e. The summed E-state index contributed by atoms with van der Waals surface area (Å²) in [5, 5.41) is 6.61. The Hall–Kier alpha value is -3.02. The molecule has 132 valence electrons. The smallest absolute Gasteiger partial charge is 0.255 e. The lowest BCUT2D eigenvalue weighted by Gasteiger charge is -2.06. The van der Waals surface area contributed by atoms with Gasteiger partial charge < -0.3 is 9.84 Å². The quantitative estimate of drug-likeness (QED) is 0.734. The predicted molar refractivity (Wildman–Crippen MR) is 95.3 cm³/mol. The molecule has 5 nitrogen and oxygen atoms in total. The number of para-hydroxylation sites is 1. The zero-order chi connectivity index (χ0) is 17.9. The minimum Gasteiger partial charge on any atom is -0.339 e. The van der Waals surface area contributed by atoms with Gasteiger partial charge in [0.2, 0.25) is 11.7 Å². The van der Waals surface area contributed by atoms with Crippen LogP contribution in [0.2, 0.25) is 0 Å². The van der Waals surface area contributed by atoms with Crippen molar-refractivity contribution in [2.75, 3.05) is 5.32 Å². The van der Waals surface area contributed by atoms with E-state index in [9.17, 15) is 9.18 Å². The minimum atomic E-state index is -0.469. The molecule has 1 fully saturated rings. The summed E-state index contributed by atoms with van der Waals surface area (Å²) < 4.78 is 19.0. The molecule has 3 aromatic rings. The zero-order valence-electron chi connectivity index (χ0n) is 14.1. The average molecular weight is 351 g/mol. The maximum absolute atomic E-state index is 13.6. The third kappa shape index (κ3) is 3.35. The number of hydrogen-bond acceptors (Lipinski definition) is 4. The summed E-state index contributed by atoms with van der Waals surface area (Å²) in [4.78, 5) is 16.8. The van der Waals surface area contributed by atoms with Gasteiger partial charge in [-0.05, 0) is 37.1 Å². The Balaban J connectivity index is 1.48. The summed E-state index contributed by atoms with van der Waals surface area (Å²) in [6.45, 7) is 0. The van der Waals surface area contributed by atoms with Gasteiger partial charge in [-0.3, -0.25) is 4.79 Å². The number of nitrogens with one attached hydrogen (secondary N) is 1. The third-order valence-electron chi connectivity index (χ3n) is 4.67. The molecule has 1 aromatic heterocycles. The number of nitrogens with zero attached hydrogens (tertiary/aromatic N) is 2. The second kappa shape index (κ2) is 7.07. The van der Waals surface area contributed by atoms with Crippen LogP contribution in [0.3, 0.4) is 0 Å². The van der Waals surface area contributed by atoms with E-state index < -0.39 is 5.82 Å². The van der Waals surface area contributed by atoms with Crippen LogP contribution in [-0.4, -0.2) is 16.0 Å². The van der Waals surface area contributed by atoms with Gasteiger partial charge in [0.15, 0.2) is 0 Å². The van der Waals surface area contributed by atoms with Crippen LogP contribution >= 0.6 is 0 Å². The molecule has 0 spiro atoms. The van der Waals surface area contributed by atoms with E-state index in [0.717, 1.165) is 18.4 Å². The molecular weight excluding hydrogens is 333 g/mol. The molecule has 1 aliphatic carbocycles. The summed E-state index contributed by atoms with van der Waals surface area (Å²) in [5.74, 6) is 0.735. The second-order valence-corrected chi connectivity index (χ2v) is 6.45. The Labute approximate surface area is 150 Å². The summed E-state index contributed by atoms with van der Waals surface area (Å²) in [6, 6.07) is 12.9. The lowest BCUT2D eigenvalue weighted by molar-refractivity contribution is 0.102. The van der Waals surface area contributed by atoms with Gasteiger partial charge in [-0.2, -0.15) is 4.98 Å². The number of rotatable bonds is 4. The van der Waals surface area contributed by atoms with Crippen molar-refractivity contribution in [3.63, 3.8) is 0 Å². The normalized spacial score (nSPS) is 14.5. The fourth-order valence-electron chi connectivity index (χ4n) is 3.22. The third-order valence-corrected chi connectivity index (χ3v) is 4.67. The van der Waals surface area contributed by atoms with Crippen LogP contribution in [0.1, 0.15) is 47.8 Å². The van der Waals surface area contributed by atoms with Gasteiger partial charge in [0.25, 0.3) is 5.91 Å². The average Bonchev–Trinajstić information content (AvgIpc) is 3.35. The van der Waals surface area contributed by atoms with E-state index in [1.807, 2.05) is 0 Å². The van der Waals surface area contributed by atoms with E-state index in [0.29, 0.717) is 23.2 Å². The fraction of sp³-hybridized carbons (Fsp3) is 0.250. The lowest BCUT2D eigenvalue weighted by Crippen LogP contribution is -2.12. The molecule has 1 aliphatic rings. The van der Waals surface area contributed by atoms with Crippen LogP contribution in [0.15, 0.2) is 53.1 Å². The first kappa shape index (κ1) is 16.4. The molecule has 6 heteroatoms. The zero-order valence-corrected chi connectivity index (χ0v) is 14.1. The molecule has 2 aromatic carbocycles. The molecule has 1 amide bonds. The van der Waals surface area contributed by atoms with Crippen molar-refractivity contribution < 1.29 is 13.7 Å². The van der Waals surface area contributed by atoms with E-state index >= 15 is 0 Å². The van der Waals surface area contributed by atoms with Crippen LogP contribution in [0, 0.1) is 5.82 Å². The van der Waals surface area contributed by atoms with Crippen LogP contribution in [-0.2, 0) is 0 Å². The SMILES string of the molecule is O=C(Nc1ccccc1F)c1ccc(-c2noc(C3CCCC3)n2)cc1. The standard InChI is InChI=1S/C20H18FN3O2/c21-16-7-3-4-8-17(16)22-19(25)14-11-9-13(10-12-14)18-23-20(26-24-18)15-5-1-2-6-15/h3-4,7-12,15H,1-2,5-6H2,(H,22,25). The van der Waals surface area contributed by atoms with Crippen LogP contribution in [0.4, 0.5) is 10.1 Å². The van der Waals surface area contributed by atoms with E-state index in [-0.39, 0.29) is 11.6 Å². The van der Waals surface area contributed by atoms with Gasteiger partial charge in [-0.1, -0.05) is 42.3 Å². The molecule has 0 aliphatic heterocycles. The molecule has 26 heavy (non-hydrogen) atoms. The first-order chi connectivity index (χ1) is 12.7. The number of hydrogen-bond donors (Lipinski definition) is 1. The summed E-state index contributed by atoms with van der Waals surface area (Å²) in [7, 11) is 0. The Morgan fingerprint density at radius 1 is 1.08 bits per heavy atom. The fourth-order valence-corrected chi connectivity index (χ4v) is 3.22. The van der Waals surface area contributed by atoms with Crippen molar-refractivity contribution in [3.8, 4) is 11.4 Å². The van der Waals surface area contributed by atoms with Crippen LogP contribution in [0.5, 0.6) is 0 Å². The van der Waals surface area contributed by atoms with Gasteiger partial charge in [0.05, 0.1) is 5.69 Å². The number of carbonyl (C=O) groups is 1. The van der Waals surface area contributed by atoms with Crippen molar-refractivity contribution in [2.45, 2.75) is 31.6 Å². The Morgan fingerprint density at radius 3 is 2.54 bits per heavy atom. The van der Waals surface area contributed by atoms with E-state index in [1.165, 1.54) is 25.0 Å². The van der Waals surface area contributed by atoms with Gasteiger partial charge in [0.1, 0.15) is 5.82 Å². The molecule has 0 bridgehead atoms. The Bertz CT molecular complexity index is 915. The summed E-state index contributed by atoms with van der Waals surface area (Å²) in [6.07, 6.45) is 4.59. The van der Waals surface area contributed by atoms with E-state index in [1.54, 1.807) is 36.4 Å². The monoisotopic (exact) mass is 351 g/mol. The molecule has 1 saturated carbocycles. The van der Waals surface area contributed by atoms with E-state index in [4.69, 9.17) is 4.52 Å². The predicted octanol–water partition coefficient (Wildman–Crippen LogP) is 4.79. The van der Waals surface area contributed by atoms with Crippen molar-refractivity contribution >= 4 is 11.6 Å². The Morgan fingerprint density at radius 2 is 1.81 bits per heavy atom. The maximum atomic E-state index is 13.6. The van der Waals surface area contributed by atoms with E-state index in [2.05, 4.69) is 15.5 Å². The van der Waals surface area contributed by atoms with Gasteiger partial charge >= 0.3 is 0 Å². The number of amides is 1. The molecule has 0 radical (unpaired) electrons. The Kier molecular flexibility index (Phi) is 4.48. The highest BCUT2D eigenvalue weighted by molar-refractivity contribution is 6.04. The molecular formula is C20H18FN3O2. The van der Waals surface area contributed by atoms with Crippen molar-refractivity contribution in [2.24, 2.45) is 0 Å². The van der Waals surface area contributed by atoms with Crippen LogP contribution in [0.25, 0.3) is 11.4 Å². The number of aromatic nitrogens is 2. The number of benzene rings is 2. The maximum Gasteiger partial charge on any atom is 0.255 e. The van der Waals surface area contributed by atoms with Crippen molar-refractivity contribution in [1.29, 1.82) is 0 Å². The highest BCUT2D eigenvalue weighted by Crippen LogP contribution is 2.33. The highest BCUT2D eigenvalue weighted by Gasteiger charge is 2.23.